The molecule has 6 nitrogen and oxygen atoms in total. The van der Waals surface area contributed by atoms with Gasteiger partial charge in [0.05, 0.1) is 0 Å². The van der Waals surface area contributed by atoms with Crippen molar-refractivity contribution in [3.8, 4) is 0 Å². The topological polar surface area (TPSA) is 37.4 Å². The van der Waals surface area contributed by atoms with E-state index in [-0.39, 0.29) is 5.41 Å². The molecule has 0 aromatic heterocycles. The Morgan fingerprint density at radius 3 is 1.03 bits per heavy atom. The van der Waals surface area contributed by atoms with Crippen molar-refractivity contribution in [2.75, 3.05) is 80.2 Å². The average molecular weight is 490 g/mol. The highest BCUT2D eigenvalue weighted by molar-refractivity contribution is 6.60. The first-order chi connectivity index (χ1) is 15.9. The van der Waals surface area contributed by atoms with Crippen molar-refractivity contribution in [1.82, 2.24) is 14.7 Å². The Morgan fingerprint density at radius 1 is 0.515 bits per heavy atom. The lowest BCUT2D eigenvalue weighted by molar-refractivity contribution is 0.0805. The molecular formula is C26H59N3O3Si. The molecule has 0 atom stereocenters. The molecule has 0 aliphatic heterocycles. The maximum Gasteiger partial charge on any atom is 0.500 e. The summed E-state index contributed by atoms with van der Waals surface area (Å²) in [6, 6.07) is 0.889. The Bertz CT molecular complexity index is 399. The average Bonchev–Trinajstić information content (AvgIpc) is 2.85. The molecule has 200 valence electrons. The summed E-state index contributed by atoms with van der Waals surface area (Å²) >= 11 is 0. The summed E-state index contributed by atoms with van der Waals surface area (Å²) in [5.41, 5.74) is 0.137. The van der Waals surface area contributed by atoms with E-state index in [1.165, 1.54) is 58.2 Å². The van der Waals surface area contributed by atoms with Crippen LogP contribution in [0.4, 0.5) is 0 Å². The van der Waals surface area contributed by atoms with Crippen molar-refractivity contribution in [2.45, 2.75) is 86.1 Å². The summed E-state index contributed by atoms with van der Waals surface area (Å²) in [6.07, 6.45) is 7.10. The molecule has 0 radical (unpaired) electrons. The van der Waals surface area contributed by atoms with E-state index >= 15 is 0 Å². The Kier molecular flexibility index (Phi) is 19.2. The fraction of sp³-hybridized carbons (Fsp3) is 1.00. The van der Waals surface area contributed by atoms with Crippen LogP contribution >= 0.6 is 0 Å². The minimum atomic E-state index is -2.71. The molecule has 0 fully saturated rings. The van der Waals surface area contributed by atoms with Gasteiger partial charge in [0, 0.05) is 27.4 Å². The second-order valence-electron chi connectivity index (χ2n) is 9.52. The summed E-state index contributed by atoms with van der Waals surface area (Å²) in [4.78, 5) is 7.83. The molecule has 0 aromatic rings. The Hall–Kier alpha value is -0.0231. The van der Waals surface area contributed by atoms with Crippen molar-refractivity contribution < 1.29 is 13.3 Å². The third-order valence-corrected chi connectivity index (χ3v) is 10.4. The zero-order valence-electron chi connectivity index (χ0n) is 23.9. The lowest BCUT2D eigenvalue weighted by Crippen LogP contribution is -2.49. The molecular weight excluding hydrogens is 430 g/mol. The van der Waals surface area contributed by atoms with Gasteiger partial charge < -0.3 is 28.0 Å². The van der Waals surface area contributed by atoms with Gasteiger partial charge in [-0.05, 0) is 103 Å². The van der Waals surface area contributed by atoms with Crippen LogP contribution < -0.4 is 0 Å². The lowest BCUT2D eigenvalue weighted by Gasteiger charge is -2.42. The SMILES string of the molecule is CCCN(CC)CCC(CCN(CC)CCC)(CCN(CC)CCC)C[Si](OC)(OC)OC. The first-order valence-corrected chi connectivity index (χ1v) is 15.6. The smallest absolute Gasteiger partial charge is 0.377 e. The monoisotopic (exact) mass is 489 g/mol. The molecule has 0 heterocycles. The van der Waals surface area contributed by atoms with Crippen LogP contribution in [0.1, 0.15) is 80.1 Å². The van der Waals surface area contributed by atoms with Crippen LogP contribution in [0.3, 0.4) is 0 Å². The van der Waals surface area contributed by atoms with Gasteiger partial charge in [-0.1, -0.05) is 41.5 Å². The van der Waals surface area contributed by atoms with Crippen LogP contribution in [-0.4, -0.2) is 104 Å². The van der Waals surface area contributed by atoms with E-state index in [1.807, 2.05) is 0 Å². The van der Waals surface area contributed by atoms with Crippen molar-refractivity contribution >= 4 is 8.80 Å². The van der Waals surface area contributed by atoms with Crippen LogP contribution in [0.15, 0.2) is 0 Å². The molecule has 0 aliphatic carbocycles. The highest BCUT2D eigenvalue weighted by Gasteiger charge is 2.47. The zero-order chi connectivity index (χ0) is 25.2. The third-order valence-electron chi connectivity index (χ3n) is 7.36. The van der Waals surface area contributed by atoms with E-state index in [0.717, 1.165) is 45.3 Å². The van der Waals surface area contributed by atoms with Crippen molar-refractivity contribution in [1.29, 1.82) is 0 Å². The van der Waals surface area contributed by atoms with E-state index in [0.29, 0.717) is 0 Å². The van der Waals surface area contributed by atoms with Crippen LogP contribution in [0, 0.1) is 5.41 Å². The van der Waals surface area contributed by atoms with Gasteiger partial charge in [-0.3, -0.25) is 0 Å². The van der Waals surface area contributed by atoms with E-state index in [2.05, 4.69) is 56.2 Å². The Labute approximate surface area is 208 Å². The van der Waals surface area contributed by atoms with Gasteiger partial charge in [-0.25, -0.2) is 0 Å². The fourth-order valence-electron chi connectivity index (χ4n) is 4.98. The van der Waals surface area contributed by atoms with Gasteiger partial charge in [0.1, 0.15) is 0 Å². The highest BCUT2D eigenvalue weighted by atomic mass is 28.4. The van der Waals surface area contributed by atoms with Gasteiger partial charge in [-0.2, -0.15) is 0 Å². The molecule has 0 amide bonds. The molecule has 0 bridgehead atoms. The molecule has 0 unspecified atom stereocenters. The van der Waals surface area contributed by atoms with Gasteiger partial charge in [-0.15, -0.1) is 0 Å². The van der Waals surface area contributed by atoms with E-state index in [9.17, 15) is 0 Å². The Morgan fingerprint density at radius 2 is 0.818 bits per heavy atom. The Balaban J connectivity index is 5.98. The molecule has 0 N–H and O–H groups in total. The number of hydrogen-bond donors (Lipinski definition) is 0. The molecule has 0 rings (SSSR count). The molecule has 0 aromatic carbocycles. The van der Waals surface area contributed by atoms with Gasteiger partial charge in [0.25, 0.3) is 0 Å². The standard InChI is InChI=1S/C26H59N3O3Si/c1-10-19-27(13-4)22-16-26(17-23-28(14-5)20-11-2,18-24-29(15-6)21-12-3)25-33(30-7,31-8)32-9/h10-25H2,1-9H3. The highest BCUT2D eigenvalue weighted by Crippen LogP contribution is 2.41. The van der Waals surface area contributed by atoms with Crippen LogP contribution in [-0.2, 0) is 13.3 Å². The maximum absolute atomic E-state index is 5.99. The molecule has 0 saturated carbocycles. The van der Waals surface area contributed by atoms with E-state index in [1.54, 1.807) is 21.3 Å². The van der Waals surface area contributed by atoms with Crippen molar-refractivity contribution in [3.05, 3.63) is 0 Å². The number of rotatable bonds is 23. The van der Waals surface area contributed by atoms with Crippen LogP contribution in [0.5, 0.6) is 0 Å². The minimum absolute atomic E-state index is 0.137. The number of nitrogens with zero attached hydrogens (tertiary/aromatic N) is 3. The maximum atomic E-state index is 5.99. The number of hydrogen-bond acceptors (Lipinski definition) is 6. The first-order valence-electron chi connectivity index (χ1n) is 13.7. The predicted octanol–water partition coefficient (Wildman–Crippen LogP) is 5.22. The molecule has 0 spiro atoms. The minimum Gasteiger partial charge on any atom is -0.377 e. The second-order valence-corrected chi connectivity index (χ2v) is 12.5. The van der Waals surface area contributed by atoms with Crippen molar-refractivity contribution in [3.63, 3.8) is 0 Å². The summed E-state index contributed by atoms with van der Waals surface area (Å²) in [7, 11) is 2.59. The van der Waals surface area contributed by atoms with Gasteiger partial charge in [0.15, 0.2) is 0 Å². The summed E-state index contributed by atoms with van der Waals surface area (Å²) in [5, 5.41) is 0. The van der Waals surface area contributed by atoms with Gasteiger partial charge in [0.2, 0.25) is 0 Å². The van der Waals surface area contributed by atoms with Crippen LogP contribution in [0.25, 0.3) is 0 Å². The molecule has 0 saturated heterocycles. The zero-order valence-corrected chi connectivity index (χ0v) is 24.9. The lowest BCUT2D eigenvalue weighted by atomic mass is 9.79. The van der Waals surface area contributed by atoms with E-state index < -0.39 is 8.80 Å². The molecule has 0 aliphatic rings. The summed E-state index contributed by atoms with van der Waals surface area (Å²) in [6.45, 7) is 23.9. The first kappa shape index (κ1) is 33.0. The quantitative estimate of drug-likeness (QED) is 0.183. The summed E-state index contributed by atoms with van der Waals surface area (Å²) in [5.74, 6) is 0. The fourth-order valence-corrected chi connectivity index (χ4v) is 7.37. The largest absolute Gasteiger partial charge is 0.500 e. The predicted molar refractivity (Wildman–Crippen MR) is 145 cm³/mol. The molecule has 7 heteroatoms. The normalized spacial score (nSPS) is 13.1. The molecule has 33 heavy (non-hydrogen) atoms. The third kappa shape index (κ3) is 12.5. The van der Waals surface area contributed by atoms with Gasteiger partial charge >= 0.3 is 8.80 Å². The van der Waals surface area contributed by atoms with Crippen LogP contribution in [0.2, 0.25) is 6.04 Å². The second kappa shape index (κ2) is 19.2. The summed E-state index contributed by atoms with van der Waals surface area (Å²) < 4.78 is 18.0. The van der Waals surface area contributed by atoms with E-state index in [4.69, 9.17) is 13.3 Å². The van der Waals surface area contributed by atoms with Crippen molar-refractivity contribution in [2.24, 2.45) is 5.41 Å².